The van der Waals surface area contributed by atoms with E-state index in [0.29, 0.717) is 42.9 Å². The fourth-order valence-corrected chi connectivity index (χ4v) is 6.48. The summed E-state index contributed by atoms with van der Waals surface area (Å²) in [5, 5.41) is 23.8. The van der Waals surface area contributed by atoms with Crippen LogP contribution in [-0.2, 0) is 33.7 Å². The molecule has 1 aromatic carbocycles. The lowest BCUT2D eigenvalue weighted by atomic mass is 9.68. The van der Waals surface area contributed by atoms with Crippen molar-refractivity contribution in [2.45, 2.75) is 76.1 Å². The number of benzene rings is 1. The molecule has 0 bridgehead atoms. The van der Waals surface area contributed by atoms with E-state index in [1.807, 2.05) is 13.8 Å². The smallest absolute Gasteiger partial charge is 0.256 e. The third-order valence-corrected chi connectivity index (χ3v) is 9.20. The first-order valence-electron chi connectivity index (χ1n) is 13.7. The van der Waals surface area contributed by atoms with Crippen LogP contribution < -0.4 is 5.32 Å². The van der Waals surface area contributed by atoms with Crippen LogP contribution in [-0.4, -0.2) is 56.7 Å². The third-order valence-electron chi connectivity index (χ3n) is 9.20. The van der Waals surface area contributed by atoms with E-state index in [4.69, 9.17) is 4.98 Å². The molecule has 4 aliphatic rings. The molecular formula is C30H33N5O4. The van der Waals surface area contributed by atoms with Crippen LogP contribution in [0.5, 0.6) is 0 Å². The van der Waals surface area contributed by atoms with Crippen molar-refractivity contribution in [3.05, 3.63) is 64.5 Å². The van der Waals surface area contributed by atoms with Crippen LogP contribution in [0.4, 0.5) is 0 Å². The van der Waals surface area contributed by atoms with E-state index in [9.17, 15) is 24.8 Å². The normalized spacial score (nSPS) is 27.6. The maximum atomic E-state index is 13.1. The summed E-state index contributed by atoms with van der Waals surface area (Å²) in [6, 6.07) is 13.6. The van der Waals surface area contributed by atoms with Gasteiger partial charge in [-0.2, -0.15) is 5.26 Å². The van der Waals surface area contributed by atoms with Gasteiger partial charge in [-0.1, -0.05) is 38.1 Å². The number of fused-ring (bicyclic) bond motifs is 1. The molecule has 6 rings (SSSR count). The van der Waals surface area contributed by atoms with Crippen molar-refractivity contribution in [2.75, 3.05) is 13.1 Å². The van der Waals surface area contributed by atoms with Gasteiger partial charge in [0, 0.05) is 31.5 Å². The van der Waals surface area contributed by atoms with Crippen molar-refractivity contribution in [3.8, 4) is 6.07 Å². The van der Waals surface area contributed by atoms with Crippen LogP contribution in [0.2, 0.25) is 0 Å². The highest BCUT2D eigenvalue weighted by molar-refractivity contribution is 6.05. The third kappa shape index (κ3) is 4.23. The van der Waals surface area contributed by atoms with Gasteiger partial charge < -0.3 is 10.0 Å². The van der Waals surface area contributed by atoms with Gasteiger partial charge in [-0.25, -0.2) is 0 Å². The maximum absolute atomic E-state index is 13.1. The van der Waals surface area contributed by atoms with E-state index in [2.05, 4.69) is 40.6 Å². The van der Waals surface area contributed by atoms with Gasteiger partial charge in [0.2, 0.25) is 11.8 Å². The van der Waals surface area contributed by atoms with Crippen molar-refractivity contribution in [1.82, 2.24) is 20.1 Å². The van der Waals surface area contributed by atoms with Gasteiger partial charge in [0.15, 0.2) is 0 Å². The van der Waals surface area contributed by atoms with E-state index in [-0.39, 0.29) is 30.2 Å². The monoisotopic (exact) mass is 527 g/mol. The highest BCUT2D eigenvalue weighted by atomic mass is 16.3. The number of amides is 3. The number of nitriles is 1. The van der Waals surface area contributed by atoms with Crippen LogP contribution in [0, 0.1) is 16.7 Å². The number of piperidine rings is 2. The molecular weight excluding hydrogens is 494 g/mol. The molecule has 202 valence electrons. The number of hydrogen-bond donors (Lipinski definition) is 2. The Hall–Kier alpha value is -3.61. The largest absolute Gasteiger partial charge is 0.383 e. The van der Waals surface area contributed by atoms with Gasteiger partial charge in [-0.15, -0.1) is 0 Å². The van der Waals surface area contributed by atoms with Gasteiger partial charge in [-0.05, 0) is 48.9 Å². The van der Waals surface area contributed by atoms with Crippen LogP contribution in [0.3, 0.4) is 0 Å². The van der Waals surface area contributed by atoms with Crippen molar-refractivity contribution < 1.29 is 19.5 Å². The second-order valence-corrected chi connectivity index (χ2v) is 12.2. The number of imide groups is 1. The Kier molecular flexibility index (Phi) is 5.90. The molecule has 2 saturated heterocycles. The van der Waals surface area contributed by atoms with Crippen molar-refractivity contribution in [3.63, 3.8) is 0 Å². The van der Waals surface area contributed by atoms with Crippen LogP contribution in [0.1, 0.15) is 78.8 Å². The van der Waals surface area contributed by atoms with E-state index in [1.165, 1.54) is 10.5 Å². The van der Waals surface area contributed by atoms with Crippen LogP contribution in [0.15, 0.2) is 36.4 Å². The zero-order chi connectivity index (χ0) is 27.6. The molecule has 0 radical (unpaired) electrons. The summed E-state index contributed by atoms with van der Waals surface area (Å²) in [5.41, 5.74) is 1.83. The first kappa shape index (κ1) is 25.7. The molecule has 4 heterocycles. The van der Waals surface area contributed by atoms with Gasteiger partial charge >= 0.3 is 0 Å². The van der Waals surface area contributed by atoms with Crippen LogP contribution in [0.25, 0.3) is 0 Å². The van der Waals surface area contributed by atoms with E-state index < -0.39 is 23.0 Å². The van der Waals surface area contributed by atoms with E-state index in [0.717, 1.165) is 24.9 Å². The second-order valence-electron chi connectivity index (χ2n) is 12.2. The van der Waals surface area contributed by atoms with E-state index in [1.54, 1.807) is 12.1 Å². The SMILES string of the molecule is CC1(C)CN(Cc2ccc(C3(C#N)CC3)cc2)CC[C@]1(O)c1ccc2c(n1)CN([C@H]1CCC(=O)NC1=O)C2=O. The highest BCUT2D eigenvalue weighted by Gasteiger charge is 2.50. The molecule has 1 aliphatic carbocycles. The number of hydrogen-bond acceptors (Lipinski definition) is 7. The van der Waals surface area contributed by atoms with Gasteiger partial charge in [0.25, 0.3) is 5.91 Å². The molecule has 0 spiro atoms. The molecule has 2 aromatic rings. The summed E-state index contributed by atoms with van der Waals surface area (Å²) >= 11 is 0. The quantitative estimate of drug-likeness (QED) is 0.572. The molecule has 3 aliphatic heterocycles. The molecule has 1 saturated carbocycles. The summed E-state index contributed by atoms with van der Waals surface area (Å²) in [4.78, 5) is 45.6. The van der Waals surface area contributed by atoms with Crippen molar-refractivity contribution in [2.24, 2.45) is 5.41 Å². The zero-order valence-corrected chi connectivity index (χ0v) is 22.4. The molecule has 39 heavy (non-hydrogen) atoms. The number of nitrogens with one attached hydrogen (secondary N) is 1. The van der Waals surface area contributed by atoms with Crippen molar-refractivity contribution in [1.29, 1.82) is 5.26 Å². The molecule has 1 aromatic heterocycles. The summed E-state index contributed by atoms with van der Waals surface area (Å²) in [6.45, 7) is 6.37. The molecule has 3 amide bonds. The lowest BCUT2D eigenvalue weighted by Gasteiger charge is -2.50. The molecule has 3 fully saturated rings. The highest BCUT2D eigenvalue weighted by Crippen LogP contribution is 2.48. The van der Waals surface area contributed by atoms with E-state index >= 15 is 0 Å². The Morgan fingerprint density at radius 3 is 2.49 bits per heavy atom. The average molecular weight is 528 g/mol. The topological polar surface area (TPSA) is 127 Å². The first-order valence-corrected chi connectivity index (χ1v) is 13.7. The molecule has 2 N–H and O–H groups in total. The predicted octanol–water partition coefficient (Wildman–Crippen LogP) is 2.52. The minimum atomic E-state index is -1.18. The lowest BCUT2D eigenvalue weighted by Crippen LogP contribution is -2.55. The number of nitrogens with zero attached hydrogens (tertiary/aromatic N) is 4. The standard InChI is InChI=1S/C30H33N5O4/c1-28(2)18-34(15-19-3-5-20(6-4-19)29(17-31)11-12-29)14-13-30(28,39)24-9-7-21-22(32-24)16-35(27(21)38)23-8-10-25(36)33-26(23)37/h3-7,9,23,39H,8,10-16,18H2,1-2H3,(H,33,36,37)/t23-,30-/m0/s1. The summed E-state index contributed by atoms with van der Waals surface area (Å²) < 4.78 is 0. The lowest BCUT2D eigenvalue weighted by molar-refractivity contribution is -0.137. The Bertz CT molecular complexity index is 1410. The van der Waals surface area contributed by atoms with Gasteiger partial charge in [-0.3, -0.25) is 29.6 Å². The Labute approximate surface area is 227 Å². The molecule has 9 heteroatoms. The Morgan fingerprint density at radius 2 is 1.85 bits per heavy atom. The zero-order valence-electron chi connectivity index (χ0n) is 22.4. The Morgan fingerprint density at radius 1 is 1.10 bits per heavy atom. The average Bonchev–Trinajstić information content (AvgIpc) is 3.64. The minimum absolute atomic E-state index is 0.181. The summed E-state index contributed by atoms with van der Waals surface area (Å²) in [6.07, 6.45) is 2.85. The Balaban J connectivity index is 1.16. The number of aromatic nitrogens is 1. The number of likely N-dealkylation sites (tertiary alicyclic amines) is 1. The number of carbonyl (C=O) groups excluding carboxylic acids is 3. The van der Waals surface area contributed by atoms with Crippen molar-refractivity contribution >= 4 is 17.7 Å². The van der Waals surface area contributed by atoms with Gasteiger partial charge in [0.05, 0.1) is 35.0 Å². The number of pyridine rings is 1. The van der Waals surface area contributed by atoms with Gasteiger partial charge in [0.1, 0.15) is 11.6 Å². The predicted molar refractivity (Wildman–Crippen MR) is 141 cm³/mol. The summed E-state index contributed by atoms with van der Waals surface area (Å²) in [7, 11) is 0. The fourth-order valence-electron chi connectivity index (χ4n) is 6.48. The second kappa shape index (κ2) is 8.97. The molecule has 2 atom stereocenters. The summed E-state index contributed by atoms with van der Waals surface area (Å²) in [5.74, 6) is -1.04. The first-order chi connectivity index (χ1) is 18.5. The number of carbonyl (C=O) groups is 3. The number of aliphatic hydroxyl groups is 1. The fraction of sp³-hybridized carbons (Fsp3) is 0.500. The van der Waals surface area contributed by atoms with Crippen LogP contribution >= 0.6 is 0 Å². The number of rotatable bonds is 5. The molecule has 0 unspecified atom stereocenters. The molecule has 9 nitrogen and oxygen atoms in total. The minimum Gasteiger partial charge on any atom is -0.383 e. The maximum Gasteiger partial charge on any atom is 0.256 e.